The zero-order chi connectivity index (χ0) is 19.9. The topological polar surface area (TPSA) is 84.9 Å². The lowest BCUT2D eigenvalue weighted by atomic mass is 10.2. The number of benzene rings is 2. The largest absolute Gasteiger partial charge is 0.495 e. The second-order valence-electron chi connectivity index (χ2n) is 5.80. The number of carbonyl (C=O) groups excluding carboxylic acids is 1. The first-order valence-corrected chi connectivity index (χ1v) is 10.3. The van der Waals surface area contributed by atoms with Gasteiger partial charge in [-0.15, -0.1) is 0 Å². The molecule has 2 rings (SSSR count). The third kappa shape index (κ3) is 5.89. The number of methoxy groups -OCH3 is 1. The normalized spacial score (nSPS) is 10.9. The van der Waals surface area contributed by atoms with Gasteiger partial charge >= 0.3 is 0 Å². The van der Waals surface area contributed by atoms with Crippen molar-refractivity contribution >= 4 is 21.6 Å². The van der Waals surface area contributed by atoms with E-state index in [4.69, 9.17) is 9.47 Å². The van der Waals surface area contributed by atoms with Crippen LogP contribution < -0.4 is 19.1 Å². The highest BCUT2D eigenvalue weighted by molar-refractivity contribution is 7.92. The van der Waals surface area contributed by atoms with E-state index in [1.54, 1.807) is 24.3 Å². The number of sulfonamides is 1. The van der Waals surface area contributed by atoms with E-state index in [2.05, 4.69) is 5.32 Å². The molecule has 146 valence electrons. The van der Waals surface area contributed by atoms with Gasteiger partial charge in [-0.1, -0.05) is 24.3 Å². The number of amides is 1. The second-order valence-corrected chi connectivity index (χ2v) is 7.71. The number of carbonyl (C=O) groups is 1. The van der Waals surface area contributed by atoms with Crippen molar-refractivity contribution in [3.05, 3.63) is 54.1 Å². The van der Waals surface area contributed by atoms with Crippen LogP contribution in [0.2, 0.25) is 0 Å². The molecule has 0 aromatic heterocycles. The summed E-state index contributed by atoms with van der Waals surface area (Å²) in [5, 5.41) is 2.74. The lowest BCUT2D eigenvalue weighted by molar-refractivity contribution is -0.119. The SMILES string of the molecule is CCOc1cccc(CNC(=O)CN(c2ccccc2OC)S(C)(=O)=O)c1. The molecule has 0 saturated heterocycles. The maximum absolute atomic E-state index is 12.4. The van der Waals surface area contributed by atoms with Crippen molar-refractivity contribution in [3.8, 4) is 11.5 Å². The van der Waals surface area contributed by atoms with Crippen LogP contribution in [-0.4, -0.2) is 40.8 Å². The first kappa shape index (κ1) is 20.6. The van der Waals surface area contributed by atoms with Gasteiger partial charge in [0.1, 0.15) is 18.0 Å². The summed E-state index contributed by atoms with van der Waals surface area (Å²) >= 11 is 0. The van der Waals surface area contributed by atoms with Gasteiger partial charge in [-0.05, 0) is 36.8 Å². The van der Waals surface area contributed by atoms with Crippen LogP contribution in [0.1, 0.15) is 12.5 Å². The van der Waals surface area contributed by atoms with E-state index in [0.717, 1.165) is 21.9 Å². The zero-order valence-electron chi connectivity index (χ0n) is 15.6. The van der Waals surface area contributed by atoms with Crippen LogP contribution in [0.4, 0.5) is 5.69 Å². The van der Waals surface area contributed by atoms with Crippen molar-refractivity contribution < 1.29 is 22.7 Å². The van der Waals surface area contributed by atoms with Crippen LogP contribution >= 0.6 is 0 Å². The highest BCUT2D eigenvalue weighted by Gasteiger charge is 2.23. The number of hydrogen-bond donors (Lipinski definition) is 1. The predicted octanol–water partition coefficient (Wildman–Crippen LogP) is 2.18. The molecule has 2 aromatic carbocycles. The van der Waals surface area contributed by atoms with Crippen molar-refractivity contribution in [3.63, 3.8) is 0 Å². The average molecular weight is 392 g/mol. The highest BCUT2D eigenvalue weighted by atomic mass is 32.2. The molecule has 0 atom stereocenters. The number of anilines is 1. The Hall–Kier alpha value is -2.74. The molecule has 0 heterocycles. The Bertz CT molecular complexity index is 883. The van der Waals surface area contributed by atoms with Crippen LogP contribution in [0.3, 0.4) is 0 Å². The maximum Gasteiger partial charge on any atom is 0.241 e. The Balaban J connectivity index is 2.10. The molecule has 2 aromatic rings. The molecule has 7 nitrogen and oxygen atoms in total. The van der Waals surface area contributed by atoms with E-state index in [9.17, 15) is 13.2 Å². The number of hydrogen-bond acceptors (Lipinski definition) is 5. The van der Waals surface area contributed by atoms with Gasteiger partial charge in [-0.25, -0.2) is 8.42 Å². The fourth-order valence-corrected chi connectivity index (χ4v) is 3.38. The molecule has 8 heteroatoms. The van der Waals surface area contributed by atoms with Crippen molar-refractivity contribution in [2.75, 3.05) is 30.8 Å². The monoisotopic (exact) mass is 392 g/mol. The van der Waals surface area contributed by atoms with Crippen LogP contribution in [0, 0.1) is 0 Å². The summed E-state index contributed by atoms with van der Waals surface area (Å²) in [7, 11) is -2.22. The van der Waals surface area contributed by atoms with Gasteiger partial charge in [0.15, 0.2) is 0 Å². The highest BCUT2D eigenvalue weighted by Crippen LogP contribution is 2.29. The predicted molar refractivity (Wildman–Crippen MR) is 105 cm³/mol. The van der Waals surface area contributed by atoms with E-state index in [1.807, 2.05) is 31.2 Å². The quantitative estimate of drug-likeness (QED) is 0.707. The molecular formula is C19H24N2O5S. The van der Waals surface area contributed by atoms with Gasteiger partial charge in [-0.3, -0.25) is 9.10 Å². The van der Waals surface area contributed by atoms with Crippen molar-refractivity contribution in [1.82, 2.24) is 5.32 Å². The third-order valence-electron chi connectivity index (χ3n) is 3.74. The first-order chi connectivity index (χ1) is 12.8. The molecule has 0 aliphatic carbocycles. The zero-order valence-corrected chi connectivity index (χ0v) is 16.5. The summed E-state index contributed by atoms with van der Waals surface area (Å²) < 4.78 is 36.1. The summed E-state index contributed by atoms with van der Waals surface area (Å²) in [6.45, 7) is 2.37. The van der Waals surface area contributed by atoms with Gasteiger partial charge < -0.3 is 14.8 Å². The minimum absolute atomic E-state index is 0.267. The molecule has 0 spiro atoms. The van der Waals surface area contributed by atoms with E-state index >= 15 is 0 Å². The summed E-state index contributed by atoms with van der Waals surface area (Å²) in [6.07, 6.45) is 1.05. The Morgan fingerprint density at radius 3 is 2.56 bits per heavy atom. The van der Waals surface area contributed by atoms with Crippen molar-refractivity contribution in [2.45, 2.75) is 13.5 Å². The van der Waals surface area contributed by atoms with Crippen LogP contribution in [0.15, 0.2) is 48.5 Å². The average Bonchev–Trinajstić information content (AvgIpc) is 2.64. The molecule has 0 fully saturated rings. The van der Waals surface area contributed by atoms with Gasteiger partial charge in [-0.2, -0.15) is 0 Å². The van der Waals surface area contributed by atoms with Crippen LogP contribution in [0.5, 0.6) is 11.5 Å². The molecule has 1 amide bonds. The molecule has 0 saturated carbocycles. The fraction of sp³-hybridized carbons (Fsp3) is 0.316. The van der Waals surface area contributed by atoms with Crippen molar-refractivity contribution in [2.24, 2.45) is 0 Å². The molecule has 1 N–H and O–H groups in total. The minimum atomic E-state index is -3.67. The van der Waals surface area contributed by atoms with Gasteiger partial charge in [0, 0.05) is 6.54 Å². The maximum atomic E-state index is 12.4. The smallest absolute Gasteiger partial charge is 0.241 e. The van der Waals surface area contributed by atoms with Gasteiger partial charge in [0.25, 0.3) is 0 Å². The molecule has 0 unspecified atom stereocenters. The Morgan fingerprint density at radius 2 is 1.89 bits per heavy atom. The molecule has 27 heavy (non-hydrogen) atoms. The number of para-hydroxylation sites is 2. The Kier molecular flexibility index (Phi) is 7.06. The van der Waals surface area contributed by atoms with E-state index in [-0.39, 0.29) is 13.1 Å². The number of nitrogens with one attached hydrogen (secondary N) is 1. The molecule has 0 radical (unpaired) electrons. The van der Waals surface area contributed by atoms with E-state index < -0.39 is 15.9 Å². The number of nitrogens with zero attached hydrogens (tertiary/aromatic N) is 1. The van der Waals surface area contributed by atoms with Crippen LogP contribution in [-0.2, 0) is 21.4 Å². The minimum Gasteiger partial charge on any atom is -0.495 e. The molecule has 0 aliphatic heterocycles. The van der Waals surface area contributed by atoms with E-state index in [0.29, 0.717) is 18.0 Å². The van der Waals surface area contributed by atoms with Gasteiger partial charge in [0.2, 0.25) is 15.9 Å². The molecule has 0 bridgehead atoms. The Labute approximate surface area is 160 Å². The Morgan fingerprint density at radius 1 is 1.15 bits per heavy atom. The summed E-state index contributed by atoms with van der Waals surface area (Å²) in [5.74, 6) is 0.671. The summed E-state index contributed by atoms with van der Waals surface area (Å²) in [5.41, 5.74) is 1.17. The van der Waals surface area contributed by atoms with Gasteiger partial charge in [0.05, 0.1) is 25.7 Å². The second kappa shape index (κ2) is 9.27. The third-order valence-corrected chi connectivity index (χ3v) is 4.87. The number of rotatable bonds is 9. The standard InChI is InChI=1S/C19H24N2O5S/c1-4-26-16-9-7-8-15(12-16)13-20-19(22)14-21(27(3,23)24)17-10-5-6-11-18(17)25-2/h5-12H,4,13-14H2,1-3H3,(H,20,22). The van der Waals surface area contributed by atoms with Crippen molar-refractivity contribution in [1.29, 1.82) is 0 Å². The lowest BCUT2D eigenvalue weighted by Crippen LogP contribution is -2.40. The fourth-order valence-electron chi connectivity index (χ4n) is 2.52. The lowest BCUT2D eigenvalue weighted by Gasteiger charge is -2.23. The number of ether oxygens (including phenoxy) is 2. The summed E-state index contributed by atoms with van der Waals surface area (Å²) in [6, 6.07) is 14.0. The van der Waals surface area contributed by atoms with Crippen LogP contribution in [0.25, 0.3) is 0 Å². The summed E-state index contributed by atoms with van der Waals surface area (Å²) in [4.78, 5) is 12.4. The molecular weight excluding hydrogens is 368 g/mol. The van der Waals surface area contributed by atoms with E-state index in [1.165, 1.54) is 7.11 Å². The first-order valence-electron chi connectivity index (χ1n) is 8.44. The molecule has 0 aliphatic rings.